The van der Waals surface area contributed by atoms with Crippen LogP contribution in [0.15, 0.2) is 29.2 Å². The highest BCUT2D eigenvalue weighted by Gasteiger charge is 1.94. The second kappa shape index (κ2) is 4.96. The molecule has 5 N–H and O–H groups in total. The predicted molar refractivity (Wildman–Crippen MR) is 46.5 cm³/mol. The second-order valence-corrected chi connectivity index (χ2v) is 2.69. The number of rotatable bonds is 4. The van der Waals surface area contributed by atoms with E-state index in [1.807, 2.05) is 24.3 Å². The van der Waals surface area contributed by atoms with Crippen molar-refractivity contribution in [2.45, 2.75) is 4.90 Å². The zero-order valence-electron chi connectivity index (χ0n) is 6.19. The molecule has 0 saturated carbocycles. The van der Waals surface area contributed by atoms with Crippen LogP contribution < -0.4 is 17.2 Å². The lowest BCUT2D eigenvalue weighted by Gasteiger charge is -2.00. The summed E-state index contributed by atoms with van der Waals surface area (Å²) in [6, 6.07) is 7.25. The van der Waals surface area contributed by atoms with Crippen LogP contribution in [0.5, 0.6) is 0 Å². The Balaban J connectivity index is 2.53. The highest BCUT2D eigenvalue weighted by atomic mass is 32.2. The summed E-state index contributed by atoms with van der Waals surface area (Å²) < 4.78 is 4.44. The van der Waals surface area contributed by atoms with Gasteiger partial charge in [0.15, 0.2) is 0 Å². The Hall–Kier alpha value is -0.790. The third-order valence-electron chi connectivity index (χ3n) is 1.19. The summed E-state index contributed by atoms with van der Waals surface area (Å²) in [5, 5.41) is 0. The molecule has 0 aliphatic carbocycles. The minimum atomic E-state index is 0.827. The standard InChI is InChI=1S/C6H9N3O2S/c7-9-5-1-3-6(4-2-5)12-11-10-8/h1-4,9H,7-8H2. The third-order valence-corrected chi connectivity index (χ3v) is 1.80. The fraction of sp³-hybridized carbons (Fsp3) is 0. The van der Waals surface area contributed by atoms with Crippen LogP contribution in [0.2, 0.25) is 0 Å². The predicted octanol–water partition coefficient (Wildman–Crippen LogP) is 0.801. The van der Waals surface area contributed by atoms with Crippen LogP contribution in [0.25, 0.3) is 0 Å². The van der Waals surface area contributed by atoms with Crippen LogP contribution in [0, 0.1) is 0 Å². The van der Waals surface area contributed by atoms with Gasteiger partial charge in [0.1, 0.15) is 0 Å². The van der Waals surface area contributed by atoms with Gasteiger partial charge in [0, 0.05) is 10.6 Å². The molecule has 0 radical (unpaired) electrons. The van der Waals surface area contributed by atoms with Crippen LogP contribution in [0.3, 0.4) is 0 Å². The molecule has 0 amide bonds. The Bertz CT molecular complexity index is 229. The number of hydrogen-bond acceptors (Lipinski definition) is 6. The summed E-state index contributed by atoms with van der Waals surface area (Å²) in [4.78, 5) is 4.80. The normalized spacial score (nSPS) is 9.83. The van der Waals surface area contributed by atoms with Gasteiger partial charge in [-0.2, -0.15) is 5.90 Å². The molecule has 0 aliphatic rings. The molecule has 6 heteroatoms. The van der Waals surface area contributed by atoms with E-state index in [9.17, 15) is 0 Å². The van der Waals surface area contributed by atoms with E-state index in [0.717, 1.165) is 22.6 Å². The van der Waals surface area contributed by atoms with E-state index < -0.39 is 0 Å². The molecule has 0 bridgehead atoms. The monoisotopic (exact) mass is 187 g/mol. The topological polar surface area (TPSA) is 82.5 Å². The van der Waals surface area contributed by atoms with Crippen molar-refractivity contribution in [1.29, 1.82) is 0 Å². The molecule has 0 atom stereocenters. The lowest BCUT2D eigenvalue weighted by Crippen LogP contribution is -2.05. The maximum Gasteiger partial charge on any atom is 0.0702 e. The smallest absolute Gasteiger partial charge is 0.0702 e. The highest BCUT2D eigenvalue weighted by molar-refractivity contribution is 7.94. The van der Waals surface area contributed by atoms with Crippen molar-refractivity contribution < 1.29 is 9.32 Å². The van der Waals surface area contributed by atoms with E-state index in [4.69, 9.17) is 5.84 Å². The van der Waals surface area contributed by atoms with Crippen molar-refractivity contribution in [3.8, 4) is 0 Å². The first-order valence-corrected chi connectivity index (χ1v) is 3.87. The lowest BCUT2D eigenvalue weighted by atomic mass is 10.3. The number of nitrogens with two attached hydrogens (primary N) is 2. The maximum absolute atomic E-state index is 5.17. The first kappa shape index (κ1) is 9.30. The molecule has 0 fully saturated rings. The molecule has 0 saturated heterocycles. The van der Waals surface area contributed by atoms with E-state index >= 15 is 0 Å². The number of nitrogens with one attached hydrogen (secondary N) is 1. The molecule has 12 heavy (non-hydrogen) atoms. The second-order valence-electron chi connectivity index (χ2n) is 1.92. The van der Waals surface area contributed by atoms with Crippen molar-refractivity contribution in [2.24, 2.45) is 11.7 Å². The molecule has 0 spiro atoms. The molecule has 0 unspecified atom stereocenters. The minimum absolute atomic E-state index is 0.827. The van der Waals surface area contributed by atoms with Crippen LogP contribution in [-0.2, 0) is 9.32 Å². The Morgan fingerprint density at radius 2 is 1.92 bits per heavy atom. The van der Waals surface area contributed by atoms with Gasteiger partial charge >= 0.3 is 0 Å². The summed E-state index contributed by atoms with van der Waals surface area (Å²) in [6.07, 6.45) is 0. The quantitative estimate of drug-likeness (QED) is 0.280. The van der Waals surface area contributed by atoms with E-state index in [1.54, 1.807) is 0 Å². The molecule has 1 aromatic carbocycles. The van der Waals surface area contributed by atoms with Crippen LogP contribution >= 0.6 is 12.0 Å². The largest absolute Gasteiger partial charge is 0.324 e. The SMILES string of the molecule is NNc1ccc(SOON)cc1. The average molecular weight is 187 g/mol. The first-order valence-electron chi connectivity index (χ1n) is 3.13. The van der Waals surface area contributed by atoms with E-state index in [2.05, 4.69) is 20.6 Å². The molecule has 5 nitrogen and oxygen atoms in total. The van der Waals surface area contributed by atoms with Crippen molar-refractivity contribution in [3.63, 3.8) is 0 Å². The molecule has 1 aromatic rings. The number of hydrazine groups is 1. The maximum atomic E-state index is 5.17. The molecular weight excluding hydrogens is 178 g/mol. The Morgan fingerprint density at radius 3 is 2.42 bits per heavy atom. The highest BCUT2D eigenvalue weighted by Crippen LogP contribution is 2.20. The van der Waals surface area contributed by atoms with Gasteiger partial charge in [0.05, 0.1) is 12.0 Å². The summed E-state index contributed by atoms with van der Waals surface area (Å²) in [7, 11) is 0. The van der Waals surface area contributed by atoms with Crippen LogP contribution in [-0.4, -0.2) is 0 Å². The number of anilines is 1. The number of hydrogen-bond donors (Lipinski definition) is 3. The van der Waals surface area contributed by atoms with Crippen molar-refractivity contribution in [1.82, 2.24) is 0 Å². The van der Waals surface area contributed by atoms with Gasteiger partial charge < -0.3 is 5.43 Å². The Kier molecular flexibility index (Phi) is 3.85. The zero-order chi connectivity index (χ0) is 8.81. The molecule has 1 rings (SSSR count). The van der Waals surface area contributed by atoms with Gasteiger partial charge in [-0.25, -0.2) is 0 Å². The molecule has 0 aromatic heterocycles. The Labute approximate surface area is 74.1 Å². The first-order chi connectivity index (χ1) is 5.86. The van der Waals surface area contributed by atoms with E-state index in [0.29, 0.717) is 0 Å². The van der Waals surface area contributed by atoms with Gasteiger partial charge in [-0.3, -0.25) is 5.84 Å². The third kappa shape index (κ3) is 2.68. The van der Waals surface area contributed by atoms with E-state index in [-0.39, 0.29) is 0 Å². The number of nitrogen functional groups attached to an aromatic ring is 1. The van der Waals surface area contributed by atoms with Gasteiger partial charge in [0.2, 0.25) is 0 Å². The van der Waals surface area contributed by atoms with Crippen LogP contribution in [0.1, 0.15) is 0 Å². The summed E-state index contributed by atoms with van der Waals surface area (Å²) in [5.41, 5.74) is 3.33. The lowest BCUT2D eigenvalue weighted by molar-refractivity contribution is -0.195. The van der Waals surface area contributed by atoms with Gasteiger partial charge in [-0.05, 0) is 24.3 Å². The Morgan fingerprint density at radius 1 is 1.25 bits per heavy atom. The van der Waals surface area contributed by atoms with Crippen molar-refractivity contribution >= 4 is 17.7 Å². The molecule has 0 heterocycles. The summed E-state index contributed by atoms with van der Waals surface area (Å²) in [6.45, 7) is 0. The van der Waals surface area contributed by atoms with Crippen molar-refractivity contribution in [3.05, 3.63) is 24.3 Å². The number of benzene rings is 1. The fourth-order valence-corrected chi connectivity index (χ4v) is 1.03. The van der Waals surface area contributed by atoms with E-state index in [1.165, 1.54) is 0 Å². The average Bonchev–Trinajstić information content (AvgIpc) is 2.15. The zero-order valence-corrected chi connectivity index (χ0v) is 7.01. The summed E-state index contributed by atoms with van der Waals surface area (Å²) >= 11 is 1.02. The molecular formula is C6H9N3O2S. The van der Waals surface area contributed by atoms with Gasteiger partial charge in [0.25, 0.3) is 0 Å². The van der Waals surface area contributed by atoms with Gasteiger partial charge in [-0.1, -0.05) is 0 Å². The minimum Gasteiger partial charge on any atom is -0.324 e. The van der Waals surface area contributed by atoms with Gasteiger partial charge in [-0.15, -0.1) is 9.32 Å². The summed E-state index contributed by atoms with van der Waals surface area (Å²) in [5.74, 6) is 9.82. The van der Waals surface area contributed by atoms with Crippen molar-refractivity contribution in [2.75, 3.05) is 5.43 Å². The van der Waals surface area contributed by atoms with Crippen LogP contribution in [0.4, 0.5) is 5.69 Å². The molecule has 0 aliphatic heterocycles. The fourth-order valence-electron chi connectivity index (χ4n) is 0.666. The molecule has 66 valence electrons.